The second kappa shape index (κ2) is 7.11. The molecule has 1 aliphatic rings. The molecule has 1 saturated heterocycles. The Balaban J connectivity index is 1.79. The molecule has 1 aromatic rings. The van der Waals surface area contributed by atoms with E-state index in [0.717, 1.165) is 23.3 Å². The number of hydrogen-bond acceptors (Lipinski definition) is 3. The molecular formula is C16H22N2O3. The van der Waals surface area contributed by atoms with Crippen LogP contribution in [-0.2, 0) is 16.0 Å². The molecule has 1 fully saturated rings. The van der Waals surface area contributed by atoms with E-state index in [4.69, 9.17) is 4.74 Å². The third-order valence-corrected chi connectivity index (χ3v) is 3.56. The van der Waals surface area contributed by atoms with Crippen LogP contribution in [0.5, 0.6) is 5.75 Å². The van der Waals surface area contributed by atoms with Crippen molar-refractivity contribution in [2.24, 2.45) is 0 Å². The Morgan fingerprint density at radius 1 is 1.48 bits per heavy atom. The van der Waals surface area contributed by atoms with Crippen molar-refractivity contribution >= 4 is 11.8 Å². The minimum atomic E-state index is -0.362. The van der Waals surface area contributed by atoms with Crippen LogP contribution in [-0.4, -0.2) is 31.0 Å². The zero-order valence-electron chi connectivity index (χ0n) is 12.6. The summed E-state index contributed by atoms with van der Waals surface area (Å²) >= 11 is 0. The van der Waals surface area contributed by atoms with Gasteiger partial charge >= 0.3 is 0 Å². The Labute approximate surface area is 125 Å². The molecule has 0 spiro atoms. The number of benzene rings is 1. The number of carbonyl (C=O) groups excluding carboxylic acids is 2. The molecule has 2 rings (SSSR count). The molecular weight excluding hydrogens is 268 g/mol. The smallest absolute Gasteiger partial charge is 0.242 e. The second-order valence-corrected chi connectivity index (χ2v) is 5.23. The molecule has 1 heterocycles. The number of ether oxygens (including phenoxy) is 1. The molecule has 1 aliphatic heterocycles. The molecule has 5 nitrogen and oxygen atoms in total. The van der Waals surface area contributed by atoms with Crippen molar-refractivity contribution < 1.29 is 14.3 Å². The maximum atomic E-state index is 11.8. The van der Waals surface area contributed by atoms with E-state index in [1.165, 1.54) is 0 Å². The van der Waals surface area contributed by atoms with Gasteiger partial charge in [0.05, 0.1) is 6.61 Å². The summed E-state index contributed by atoms with van der Waals surface area (Å²) in [6.07, 6.45) is 1.79. The van der Waals surface area contributed by atoms with E-state index >= 15 is 0 Å². The molecule has 2 N–H and O–H groups in total. The molecule has 5 heteroatoms. The lowest BCUT2D eigenvalue weighted by molar-refractivity contribution is -0.125. The maximum absolute atomic E-state index is 11.8. The van der Waals surface area contributed by atoms with Crippen molar-refractivity contribution in [3.05, 3.63) is 29.3 Å². The van der Waals surface area contributed by atoms with Gasteiger partial charge in [-0.05, 0) is 43.9 Å². The van der Waals surface area contributed by atoms with Crippen LogP contribution in [0.1, 0.15) is 30.9 Å². The largest absolute Gasteiger partial charge is 0.494 e. The topological polar surface area (TPSA) is 67.4 Å². The summed E-state index contributed by atoms with van der Waals surface area (Å²) in [5.74, 6) is 0.764. The van der Waals surface area contributed by atoms with Gasteiger partial charge in [-0.3, -0.25) is 9.59 Å². The summed E-state index contributed by atoms with van der Waals surface area (Å²) in [4.78, 5) is 22.9. The first-order chi connectivity index (χ1) is 10.1. The molecule has 0 bridgehead atoms. The van der Waals surface area contributed by atoms with Gasteiger partial charge in [-0.2, -0.15) is 0 Å². The van der Waals surface area contributed by atoms with E-state index in [0.29, 0.717) is 26.0 Å². The summed E-state index contributed by atoms with van der Waals surface area (Å²) in [7, 11) is 0. The lowest BCUT2D eigenvalue weighted by atomic mass is 10.1. The lowest BCUT2D eigenvalue weighted by Crippen LogP contribution is -2.42. The Morgan fingerprint density at radius 2 is 2.29 bits per heavy atom. The standard InChI is InChI=1S/C16H22N2O3/c1-3-21-14-6-4-12(10-11(14)2)8-9-17-16(20)13-5-7-15(19)18-13/h4,6,10,13H,3,5,7-9H2,1-2H3,(H,17,20)(H,18,19). The summed E-state index contributed by atoms with van der Waals surface area (Å²) < 4.78 is 5.50. The van der Waals surface area contributed by atoms with Gasteiger partial charge in [-0.15, -0.1) is 0 Å². The van der Waals surface area contributed by atoms with Crippen molar-refractivity contribution in [1.29, 1.82) is 0 Å². The van der Waals surface area contributed by atoms with Gasteiger partial charge in [0.15, 0.2) is 0 Å². The van der Waals surface area contributed by atoms with Crippen LogP contribution in [0.4, 0.5) is 0 Å². The van der Waals surface area contributed by atoms with Crippen molar-refractivity contribution in [3.8, 4) is 5.75 Å². The average Bonchev–Trinajstić information content (AvgIpc) is 2.88. The van der Waals surface area contributed by atoms with Crippen LogP contribution in [0, 0.1) is 6.92 Å². The van der Waals surface area contributed by atoms with Crippen molar-refractivity contribution in [2.75, 3.05) is 13.2 Å². The summed E-state index contributed by atoms with van der Waals surface area (Å²) in [6.45, 7) is 5.20. The predicted octanol–water partition coefficient (Wildman–Crippen LogP) is 1.33. The molecule has 114 valence electrons. The molecule has 1 aromatic carbocycles. The average molecular weight is 290 g/mol. The van der Waals surface area contributed by atoms with Crippen molar-refractivity contribution in [3.63, 3.8) is 0 Å². The van der Waals surface area contributed by atoms with Crippen LogP contribution in [0.2, 0.25) is 0 Å². The number of amides is 2. The maximum Gasteiger partial charge on any atom is 0.242 e. The van der Waals surface area contributed by atoms with Gasteiger partial charge < -0.3 is 15.4 Å². The highest BCUT2D eigenvalue weighted by Gasteiger charge is 2.26. The Hall–Kier alpha value is -2.04. The Morgan fingerprint density at radius 3 is 2.90 bits per heavy atom. The highest BCUT2D eigenvalue weighted by atomic mass is 16.5. The fraction of sp³-hybridized carbons (Fsp3) is 0.500. The van der Waals surface area contributed by atoms with Crippen molar-refractivity contribution in [2.45, 2.75) is 39.2 Å². The van der Waals surface area contributed by atoms with E-state index in [1.807, 2.05) is 26.0 Å². The van der Waals surface area contributed by atoms with Gasteiger partial charge in [0.25, 0.3) is 0 Å². The van der Waals surface area contributed by atoms with Gasteiger partial charge in [0, 0.05) is 13.0 Å². The van der Waals surface area contributed by atoms with Gasteiger partial charge in [0.2, 0.25) is 11.8 Å². The number of carbonyl (C=O) groups is 2. The summed E-state index contributed by atoms with van der Waals surface area (Å²) in [5, 5.41) is 5.53. The van der Waals surface area contributed by atoms with E-state index in [9.17, 15) is 9.59 Å². The number of aryl methyl sites for hydroxylation is 1. The lowest BCUT2D eigenvalue weighted by Gasteiger charge is -2.12. The quantitative estimate of drug-likeness (QED) is 0.830. The predicted molar refractivity (Wildman–Crippen MR) is 80.2 cm³/mol. The minimum Gasteiger partial charge on any atom is -0.494 e. The minimum absolute atomic E-state index is 0.0442. The molecule has 2 amide bonds. The Bertz CT molecular complexity index is 528. The van der Waals surface area contributed by atoms with Gasteiger partial charge in [-0.25, -0.2) is 0 Å². The van der Waals surface area contributed by atoms with Gasteiger partial charge in [0.1, 0.15) is 11.8 Å². The molecule has 21 heavy (non-hydrogen) atoms. The highest BCUT2D eigenvalue weighted by molar-refractivity contribution is 5.90. The number of rotatable bonds is 6. The molecule has 0 radical (unpaired) electrons. The van der Waals surface area contributed by atoms with E-state index < -0.39 is 0 Å². The SMILES string of the molecule is CCOc1ccc(CCNC(=O)C2CCC(=O)N2)cc1C. The molecule has 0 aliphatic carbocycles. The third kappa shape index (κ3) is 4.21. The Kier molecular flexibility index (Phi) is 5.20. The van der Waals surface area contributed by atoms with Crippen LogP contribution < -0.4 is 15.4 Å². The molecule has 0 aromatic heterocycles. The number of nitrogens with one attached hydrogen (secondary N) is 2. The highest BCUT2D eigenvalue weighted by Crippen LogP contribution is 2.19. The van der Waals surface area contributed by atoms with E-state index in [-0.39, 0.29) is 17.9 Å². The van der Waals surface area contributed by atoms with E-state index in [2.05, 4.69) is 16.7 Å². The van der Waals surface area contributed by atoms with Crippen LogP contribution in [0.3, 0.4) is 0 Å². The molecule has 1 atom stereocenters. The first-order valence-corrected chi connectivity index (χ1v) is 7.39. The molecule has 0 saturated carbocycles. The van der Waals surface area contributed by atoms with Crippen LogP contribution in [0.25, 0.3) is 0 Å². The van der Waals surface area contributed by atoms with Crippen molar-refractivity contribution in [1.82, 2.24) is 10.6 Å². The second-order valence-electron chi connectivity index (χ2n) is 5.23. The molecule has 1 unspecified atom stereocenters. The van der Waals surface area contributed by atoms with Crippen LogP contribution >= 0.6 is 0 Å². The first-order valence-electron chi connectivity index (χ1n) is 7.39. The monoisotopic (exact) mass is 290 g/mol. The third-order valence-electron chi connectivity index (χ3n) is 3.56. The zero-order valence-corrected chi connectivity index (χ0v) is 12.6. The zero-order chi connectivity index (χ0) is 15.2. The van der Waals surface area contributed by atoms with Crippen LogP contribution in [0.15, 0.2) is 18.2 Å². The summed E-state index contributed by atoms with van der Waals surface area (Å²) in [5.41, 5.74) is 2.26. The first kappa shape index (κ1) is 15.4. The normalized spacial score (nSPS) is 17.4. The fourth-order valence-electron chi connectivity index (χ4n) is 2.45. The van der Waals surface area contributed by atoms with Gasteiger partial charge in [-0.1, -0.05) is 12.1 Å². The number of hydrogen-bond donors (Lipinski definition) is 2. The summed E-state index contributed by atoms with van der Waals surface area (Å²) in [6, 6.07) is 5.70. The fourth-order valence-corrected chi connectivity index (χ4v) is 2.45. The van der Waals surface area contributed by atoms with E-state index in [1.54, 1.807) is 0 Å².